The summed E-state index contributed by atoms with van der Waals surface area (Å²) in [4.78, 5) is 0. The number of methoxy groups -OCH3 is 1. The SMILES string of the molecule is COc1ccc2oc(-c3ccccc3)cc2c1C=NO. The Bertz CT molecular complexity index is 760. The van der Waals surface area contributed by atoms with Crippen molar-refractivity contribution in [3.63, 3.8) is 0 Å². The van der Waals surface area contributed by atoms with Crippen molar-refractivity contribution >= 4 is 17.2 Å². The van der Waals surface area contributed by atoms with Crippen LogP contribution in [0.15, 0.2) is 58.1 Å². The summed E-state index contributed by atoms with van der Waals surface area (Å²) < 4.78 is 11.1. The van der Waals surface area contributed by atoms with Crippen molar-refractivity contribution in [2.24, 2.45) is 5.16 Å². The lowest BCUT2D eigenvalue weighted by atomic mass is 10.1. The summed E-state index contributed by atoms with van der Waals surface area (Å²) in [7, 11) is 1.58. The van der Waals surface area contributed by atoms with Gasteiger partial charge in [-0.1, -0.05) is 35.5 Å². The van der Waals surface area contributed by atoms with Crippen LogP contribution < -0.4 is 4.74 Å². The molecule has 0 aliphatic heterocycles. The Kier molecular flexibility index (Phi) is 3.13. The quantitative estimate of drug-likeness (QED) is 0.444. The van der Waals surface area contributed by atoms with Gasteiger partial charge in [-0.3, -0.25) is 0 Å². The molecular formula is C16H13NO3. The third-order valence-electron chi connectivity index (χ3n) is 3.17. The van der Waals surface area contributed by atoms with E-state index in [1.165, 1.54) is 6.21 Å². The Morgan fingerprint density at radius 1 is 1.15 bits per heavy atom. The average Bonchev–Trinajstić information content (AvgIpc) is 2.93. The number of ether oxygens (including phenoxy) is 1. The Morgan fingerprint density at radius 3 is 2.65 bits per heavy atom. The number of fused-ring (bicyclic) bond motifs is 1. The maximum Gasteiger partial charge on any atom is 0.135 e. The van der Waals surface area contributed by atoms with Crippen LogP contribution in [-0.2, 0) is 0 Å². The molecule has 0 unspecified atom stereocenters. The summed E-state index contributed by atoms with van der Waals surface area (Å²) in [5.74, 6) is 1.40. The zero-order chi connectivity index (χ0) is 13.9. The molecule has 0 radical (unpaired) electrons. The van der Waals surface area contributed by atoms with Crippen molar-refractivity contribution < 1.29 is 14.4 Å². The van der Waals surface area contributed by atoms with E-state index in [9.17, 15) is 0 Å². The second kappa shape index (κ2) is 5.09. The molecular weight excluding hydrogens is 254 g/mol. The van der Waals surface area contributed by atoms with E-state index in [0.29, 0.717) is 11.3 Å². The molecule has 0 aliphatic rings. The molecule has 0 fully saturated rings. The first kappa shape index (κ1) is 12.3. The first-order valence-corrected chi connectivity index (χ1v) is 6.17. The number of hydrogen-bond donors (Lipinski definition) is 1. The van der Waals surface area contributed by atoms with E-state index in [-0.39, 0.29) is 0 Å². The van der Waals surface area contributed by atoms with Gasteiger partial charge in [-0.05, 0) is 18.2 Å². The molecule has 0 aliphatic carbocycles. The molecule has 3 aromatic rings. The lowest BCUT2D eigenvalue weighted by Crippen LogP contribution is -1.91. The molecule has 1 N–H and O–H groups in total. The molecule has 20 heavy (non-hydrogen) atoms. The van der Waals surface area contributed by atoms with E-state index in [2.05, 4.69) is 5.16 Å². The van der Waals surface area contributed by atoms with Gasteiger partial charge in [0.1, 0.15) is 17.1 Å². The molecule has 3 rings (SSSR count). The highest BCUT2D eigenvalue weighted by Gasteiger charge is 2.12. The molecule has 2 aromatic carbocycles. The van der Waals surface area contributed by atoms with Crippen LogP contribution in [-0.4, -0.2) is 18.5 Å². The minimum absolute atomic E-state index is 0.635. The second-order valence-corrected chi connectivity index (χ2v) is 4.31. The van der Waals surface area contributed by atoms with Crippen molar-refractivity contribution in [2.45, 2.75) is 0 Å². The van der Waals surface area contributed by atoms with Gasteiger partial charge in [-0.25, -0.2) is 0 Å². The van der Waals surface area contributed by atoms with E-state index >= 15 is 0 Å². The summed E-state index contributed by atoms with van der Waals surface area (Å²) in [6, 6.07) is 15.4. The largest absolute Gasteiger partial charge is 0.496 e. The normalized spacial score (nSPS) is 11.2. The first-order chi connectivity index (χ1) is 9.83. The summed E-state index contributed by atoms with van der Waals surface area (Å²) in [5.41, 5.74) is 2.41. The lowest BCUT2D eigenvalue weighted by Gasteiger charge is -2.03. The van der Waals surface area contributed by atoms with Crippen LogP contribution in [0.5, 0.6) is 5.75 Å². The smallest absolute Gasteiger partial charge is 0.135 e. The summed E-state index contributed by atoms with van der Waals surface area (Å²) >= 11 is 0. The predicted molar refractivity (Wildman–Crippen MR) is 77.6 cm³/mol. The molecule has 0 bridgehead atoms. The van der Waals surface area contributed by atoms with Crippen LogP contribution in [0.1, 0.15) is 5.56 Å². The van der Waals surface area contributed by atoms with Crippen molar-refractivity contribution in [1.29, 1.82) is 0 Å². The number of hydrogen-bond acceptors (Lipinski definition) is 4. The monoisotopic (exact) mass is 267 g/mol. The molecule has 0 spiro atoms. The van der Waals surface area contributed by atoms with Crippen LogP contribution in [0.2, 0.25) is 0 Å². The Hall–Kier alpha value is -2.75. The van der Waals surface area contributed by atoms with Crippen LogP contribution in [0.25, 0.3) is 22.3 Å². The standard InChI is InChI=1S/C16H13NO3/c1-19-14-7-8-15-12(13(14)10-17-18)9-16(20-15)11-5-3-2-4-6-11/h2-10,18H,1H3. The third-order valence-corrected chi connectivity index (χ3v) is 3.17. The minimum atomic E-state index is 0.635. The predicted octanol–water partition coefficient (Wildman–Crippen LogP) is 3.92. The zero-order valence-corrected chi connectivity index (χ0v) is 10.9. The van der Waals surface area contributed by atoms with Gasteiger partial charge in [0, 0.05) is 16.5 Å². The molecule has 0 atom stereocenters. The lowest BCUT2D eigenvalue weighted by molar-refractivity contribution is 0.321. The number of rotatable bonds is 3. The van der Waals surface area contributed by atoms with E-state index in [1.54, 1.807) is 13.2 Å². The second-order valence-electron chi connectivity index (χ2n) is 4.31. The van der Waals surface area contributed by atoms with Crippen molar-refractivity contribution in [3.05, 3.63) is 54.1 Å². The third kappa shape index (κ3) is 2.01. The van der Waals surface area contributed by atoms with E-state index in [1.807, 2.05) is 42.5 Å². The fourth-order valence-electron chi connectivity index (χ4n) is 2.23. The summed E-state index contributed by atoms with van der Waals surface area (Å²) in [6.07, 6.45) is 1.35. The molecule has 1 aromatic heterocycles. The summed E-state index contributed by atoms with van der Waals surface area (Å²) in [6.45, 7) is 0. The number of benzene rings is 2. The first-order valence-electron chi connectivity index (χ1n) is 6.17. The zero-order valence-electron chi connectivity index (χ0n) is 10.9. The van der Waals surface area contributed by atoms with Gasteiger partial charge in [-0.15, -0.1) is 0 Å². The highest BCUT2D eigenvalue weighted by Crippen LogP contribution is 2.33. The van der Waals surface area contributed by atoms with Crippen LogP contribution in [0.3, 0.4) is 0 Å². The van der Waals surface area contributed by atoms with Crippen LogP contribution >= 0.6 is 0 Å². The minimum Gasteiger partial charge on any atom is -0.496 e. The number of furan rings is 1. The molecule has 1 heterocycles. The maximum absolute atomic E-state index is 8.81. The van der Waals surface area contributed by atoms with Gasteiger partial charge in [-0.2, -0.15) is 0 Å². The van der Waals surface area contributed by atoms with E-state index in [4.69, 9.17) is 14.4 Å². The Balaban J connectivity index is 2.23. The van der Waals surface area contributed by atoms with Crippen molar-refractivity contribution in [3.8, 4) is 17.1 Å². The van der Waals surface area contributed by atoms with Crippen molar-refractivity contribution in [2.75, 3.05) is 7.11 Å². The van der Waals surface area contributed by atoms with E-state index in [0.717, 1.165) is 22.3 Å². The van der Waals surface area contributed by atoms with Gasteiger partial charge in [0.2, 0.25) is 0 Å². The van der Waals surface area contributed by atoms with Gasteiger partial charge in [0.15, 0.2) is 0 Å². The van der Waals surface area contributed by atoms with Gasteiger partial charge in [0.05, 0.1) is 13.3 Å². The van der Waals surface area contributed by atoms with Gasteiger partial charge >= 0.3 is 0 Å². The van der Waals surface area contributed by atoms with Crippen molar-refractivity contribution in [1.82, 2.24) is 0 Å². The number of oxime groups is 1. The number of nitrogens with zero attached hydrogens (tertiary/aromatic N) is 1. The average molecular weight is 267 g/mol. The fraction of sp³-hybridized carbons (Fsp3) is 0.0625. The Morgan fingerprint density at radius 2 is 1.95 bits per heavy atom. The molecule has 100 valence electrons. The molecule has 0 saturated carbocycles. The van der Waals surface area contributed by atoms with Gasteiger partial charge < -0.3 is 14.4 Å². The topological polar surface area (TPSA) is 55.0 Å². The fourth-order valence-corrected chi connectivity index (χ4v) is 2.23. The maximum atomic E-state index is 8.81. The van der Waals surface area contributed by atoms with E-state index < -0.39 is 0 Å². The molecule has 4 nitrogen and oxygen atoms in total. The molecule has 0 amide bonds. The van der Waals surface area contributed by atoms with Crippen LogP contribution in [0.4, 0.5) is 0 Å². The Labute approximate surface area is 115 Å². The highest BCUT2D eigenvalue weighted by atomic mass is 16.5. The van der Waals surface area contributed by atoms with Crippen LogP contribution in [0, 0.1) is 0 Å². The van der Waals surface area contributed by atoms with Gasteiger partial charge in [0.25, 0.3) is 0 Å². The molecule has 0 saturated heterocycles. The summed E-state index contributed by atoms with van der Waals surface area (Å²) in [5, 5.41) is 12.8. The highest BCUT2D eigenvalue weighted by molar-refractivity contribution is 6.02. The molecule has 4 heteroatoms.